The van der Waals surface area contributed by atoms with Crippen molar-refractivity contribution in [3.63, 3.8) is 0 Å². The maximum Gasteiger partial charge on any atom is 0.158 e. The van der Waals surface area contributed by atoms with E-state index in [2.05, 4.69) is 15.1 Å². The molecule has 0 amide bonds. The third kappa shape index (κ3) is 2.41. The summed E-state index contributed by atoms with van der Waals surface area (Å²) in [6.07, 6.45) is 3.06. The summed E-state index contributed by atoms with van der Waals surface area (Å²) in [5.74, 6) is 0.876. The van der Waals surface area contributed by atoms with E-state index in [1.165, 1.54) is 11.0 Å². The Kier molecular flexibility index (Phi) is 3.93. The van der Waals surface area contributed by atoms with E-state index in [1.54, 1.807) is 19.4 Å². The molecular formula is C10H10Cl2N4O. The predicted molar refractivity (Wildman–Crippen MR) is 64.4 cm³/mol. The van der Waals surface area contributed by atoms with Gasteiger partial charge in [-0.05, 0) is 0 Å². The molecule has 0 radical (unpaired) electrons. The molecule has 2 heterocycles. The maximum absolute atomic E-state index is 6.20. The van der Waals surface area contributed by atoms with Crippen LogP contribution in [0.3, 0.4) is 0 Å². The molecule has 0 atom stereocenters. The van der Waals surface area contributed by atoms with Crippen LogP contribution in [-0.2, 0) is 17.2 Å². The molecule has 7 heteroatoms. The highest BCUT2D eigenvalue weighted by Gasteiger charge is 2.16. The Bertz CT molecular complexity index is 501. The summed E-state index contributed by atoms with van der Waals surface area (Å²) in [5, 5.41) is 4.78. The first-order chi connectivity index (χ1) is 8.27. The number of methoxy groups -OCH3 is 1. The van der Waals surface area contributed by atoms with Gasteiger partial charge in [0, 0.05) is 24.9 Å². The van der Waals surface area contributed by atoms with Crippen LogP contribution in [0.4, 0.5) is 0 Å². The van der Waals surface area contributed by atoms with Crippen LogP contribution in [0.15, 0.2) is 18.6 Å². The summed E-state index contributed by atoms with van der Waals surface area (Å²) in [5.41, 5.74) is 1.47. The first-order valence-electron chi connectivity index (χ1n) is 4.85. The number of alkyl halides is 1. The molecule has 2 aromatic rings. The minimum absolute atomic E-state index is 0.280. The fourth-order valence-corrected chi connectivity index (χ4v) is 2.07. The lowest BCUT2D eigenvalue weighted by Crippen LogP contribution is -2.00. The van der Waals surface area contributed by atoms with Crippen LogP contribution in [0.5, 0.6) is 0 Å². The van der Waals surface area contributed by atoms with Crippen molar-refractivity contribution in [3.8, 4) is 5.82 Å². The minimum Gasteiger partial charge on any atom is -0.378 e. The molecule has 2 rings (SSSR count). The van der Waals surface area contributed by atoms with Crippen molar-refractivity contribution in [2.45, 2.75) is 12.5 Å². The van der Waals surface area contributed by atoms with Gasteiger partial charge in [-0.15, -0.1) is 11.6 Å². The van der Waals surface area contributed by atoms with Gasteiger partial charge in [-0.3, -0.25) is 0 Å². The Morgan fingerprint density at radius 2 is 2.29 bits per heavy atom. The molecule has 0 saturated carbocycles. The molecule has 0 N–H and O–H groups in total. The van der Waals surface area contributed by atoms with Crippen LogP contribution in [-0.4, -0.2) is 26.9 Å². The van der Waals surface area contributed by atoms with Gasteiger partial charge in [0.25, 0.3) is 0 Å². The second kappa shape index (κ2) is 5.44. The molecular weight excluding hydrogens is 263 g/mol. The number of nitrogens with zero attached hydrogens (tertiary/aromatic N) is 4. The summed E-state index contributed by atoms with van der Waals surface area (Å²) in [4.78, 5) is 7.92. The van der Waals surface area contributed by atoms with Gasteiger partial charge in [-0.1, -0.05) is 11.6 Å². The first-order valence-corrected chi connectivity index (χ1v) is 5.76. The van der Waals surface area contributed by atoms with Crippen molar-refractivity contribution in [2.75, 3.05) is 7.11 Å². The molecule has 0 aromatic carbocycles. The first kappa shape index (κ1) is 12.3. The number of rotatable bonds is 4. The molecule has 0 fully saturated rings. The van der Waals surface area contributed by atoms with Gasteiger partial charge in [0.1, 0.15) is 11.5 Å². The summed E-state index contributed by atoms with van der Waals surface area (Å²) >= 11 is 12.0. The van der Waals surface area contributed by atoms with Crippen molar-refractivity contribution in [3.05, 3.63) is 35.0 Å². The Hall–Kier alpha value is -1.17. The molecule has 2 aromatic heterocycles. The van der Waals surface area contributed by atoms with Gasteiger partial charge in [0.05, 0.1) is 18.2 Å². The van der Waals surface area contributed by atoms with Crippen molar-refractivity contribution >= 4 is 23.2 Å². The van der Waals surface area contributed by atoms with Gasteiger partial charge < -0.3 is 4.74 Å². The maximum atomic E-state index is 6.20. The zero-order valence-corrected chi connectivity index (χ0v) is 10.6. The summed E-state index contributed by atoms with van der Waals surface area (Å²) in [7, 11) is 1.59. The summed E-state index contributed by atoms with van der Waals surface area (Å²) in [6, 6.07) is 1.72. The topological polar surface area (TPSA) is 52.8 Å². The Labute approximate surface area is 108 Å². The smallest absolute Gasteiger partial charge is 0.158 e. The lowest BCUT2D eigenvalue weighted by atomic mass is 10.3. The predicted octanol–water partition coefficient (Wildman–Crippen LogP) is 2.20. The van der Waals surface area contributed by atoms with Crippen molar-refractivity contribution in [1.29, 1.82) is 0 Å². The third-order valence-electron chi connectivity index (χ3n) is 2.20. The normalized spacial score (nSPS) is 10.8. The van der Waals surface area contributed by atoms with E-state index in [9.17, 15) is 0 Å². The van der Waals surface area contributed by atoms with Crippen molar-refractivity contribution < 1.29 is 4.74 Å². The van der Waals surface area contributed by atoms with Gasteiger partial charge >= 0.3 is 0 Å². The third-order valence-corrected chi connectivity index (χ3v) is 2.86. The van der Waals surface area contributed by atoms with Crippen LogP contribution in [0.25, 0.3) is 5.82 Å². The van der Waals surface area contributed by atoms with Crippen LogP contribution in [0.1, 0.15) is 11.3 Å². The van der Waals surface area contributed by atoms with Gasteiger partial charge in [-0.25, -0.2) is 14.6 Å². The number of hydrogen-bond acceptors (Lipinski definition) is 4. The monoisotopic (exact) mass is 272 g/mol. The molecule has 0 aliphatic rings. The standard InChI is InChI=1S/C10H10Cl2N4O/c1-17-5-8-7(4-11)10(12)16(15-8)9-2-3-13-6-14-9/h2-3,6H,4-5H2,1H3. The molecule has 90 valence electrons. The Balaban J connectivity index is 2.49. The Morgan fingerprint density at radius 3 is 2.88 bits per heavy atom. The van der Waals surface area contributed by atoms with Crippen molar-refractivity contribution in [2.24, 2.45) is 0 Å². The fraction of sp³-hybridized carbons (Fsp3) is 0.300. The van der Waals surface area contributed by atoms with E-state index < -0.39 is 0 Å². The average molecular weight is 273 g/mol. The number of aromatic nitrogens is 4. The van der Waals surface area contributed by atoms with Crippen LogP contribution in [0.2, 0.25) is 5.15 Å². The molecule has 0 bridgehead atoms. The molecule has 0 aliphatic carbocycles. The Morgan fingerprint density at radius 1 is 1.47 bits per heavy atom. The van der Waals surface area contributed by atoms with E-state index in [-0.39, 0.29) is 5.88 Å². The zero-order chi connectivity index (χ0) is 12.3. The fourth-order valence-electron chi connectivity index (χ4n) is 1.42. The highest BCUT2D eigenvalue weighted by atomic mass is 35.5. The summed E-state index contributed by atoms with van der Waals surface area (Å²) < 4.78 is 6.57. The molecule has 0 unspecified atom stereocenters. The van der Waals surface area contributed by atoms with E-state index in [0.29, 0.717) is 23.3 Å². The lowest BCUT2D eigenvalue weighted by Gasteiger charge is -2.00. The highest BCUT2D eigenvalue weighted by molar-refractivity contribution is 6.31. The SMILES string of the molecule is COCc1nn(-c2ccncn2)c(Cl)c1CCl. The second-order valence-electron chi connectivity index (χ2n) is 3.26. The van der Waals surface area contributed by atoms with Crippen LogP contribution in [0, 0.1) is 0 Å². The van der Waals surface area contributed by atoms with Crippen molar-refractivity contribution in [1.82, 2.24) is 19.7 Å². The van der Waals surface area contributed by atoms with Crippen LogP contribution < -0.4 is 0 Å². The number of hydrogen-bond donors (Lipinski definition) is 0. The summed E-state index contributed by atoms with van der Waals surface area (Å²) in [6.45, 7) is 0.361. The van der Waals surface area contributed by atoms with Gasteiger partial charge in [-0.2, -0.15) is 5.10 Å². The van der Waals surface area contributed by atoms with Gasteiger partial charge in [0.2, 0.25) is 0 Å². The number of ether oxygens (including phenoxy) is 1. The molecule has 5 nitrogen and oxygen atoms in total. The molecule has 17 heavy (non-hydrogen) atoms. The van der Waals surface area contributed by atoms with Crippen LogP contribution >= 0.6 is 23.2 Å². The average Bonchev–Trinajstić information content (AvgIpc) is 2.67. The molecule has 0 spiro atoms. The minimum atomic E-state index is 0.280. The van der Waals surface area contributed by atoms with E-state index in [0.717, 1.165) is 5.56 Å². The van der Waals surface area contributed by atoms with Gasteiger partial charge in [0.15, 0.2) is 5.82 Å². The zero-order valence-electron chi connectivity index (χ0n) is 9.10. The molecule has 0 aliphatic heterocycles. The lowest BCUT2D eigenvalue weighted by molar-refractivity contribution is 0.180. The second-order valence-corrected chi connectivity index (χ2v) is 3.89. The van der Waals surface area contributed by atoms with E-state index in [4.69, 9.17) is 27.9 Å². The van der Waals surface area contributed by atoms with E-state index in [1.807, 2.05) is 0 Å². The molecule has 0 saturated heterocycles. The number of halogens is 2. The largest absolute Gasteiger partial charge is 0.378 e. The highest BCUT2D eigenvalue weighted by Crippen LogP contribution is 2.24. The van der Waals surface area contributed by atoms with E-state index >= 15 is 0 Å². The quantitative estimate of drug-likeness (QED) is 0.801.